The molecule has 0 amide bonds. The molecule has 2 unspecified atom stereocenters. The number of ether oxygens (including phenoxy) is 4. The topological polar surface area (TPSA) is 237 Å². The van der Waals surface area contributed by atoms with Crippen molar-refractivity contribution in [3.63, 3.8) is 0 Å². The number of phosphoric ester groups is 2. The van der Waals surface area contributed by atoms with Crippen molar-refractivity contribution in [2.75, 3.05) is 39.6 Å². The monoisotopic (exact) mass is 1400 g/mol. The lowest BCUT2D eigenvalue weighted by Gasteiger charge is -2.21. The van der Waals surface area contributed by atoms with Crippen molar-refractivity contribution in [3.05, 3.63) is 72.9 Å². The Hall–Kier alpha value is -3.50. The first-order valence-corrected chi connectivity index (χ1v) is 41.2. The van der Waals surface area contributed by atoms with Gasteiger partial charge in [-0.3, -0.25) is 37.3 Å². The van der Waals surface area contributed by atoms with E-state index in [9.17, 15) is 43.2 Å². The number of hydrogen-bond acceptors (Lipinski definition) is 15. The van der Waals surface area contributed by atoms with Crippen molar-refractivity contribution in [1.29, 1.82) is 0 Å². The third-order valence-electron chi connectivity index (χ3n) is 16.2. The quantitative estimate of drug-likeness (QED) is 0.0128. The van der Waals surface area contributed by atoms with Gasteiger partial charge >= 0.3 is 39.5 Å². The molecule has 17 nitrogen and oxygen atoms in total. The molecule has 0 bridgehead atoms. The van der Waals surface area contributed by atoms with Crippen molar-refractivity contribution in [3.8, 4) is 0 Å². The molecule has 5 atom stereocenters. The summed E-state index contributed by atoms with van der Waals surface area (Å²) in [7, 11) is -9.95. The summed E-state index contributed by atoms with van der Waals surface area (Å²) in [5, 5.41) is 10.6. The van der Waals surface area contributed by atoms with Gasteiger partial charge in [0.25, 0.3) is 0 Å². The molecule has 19 heteroatoms. The highest BCUT2D eigenvalue weighted by molar-refractivity contribution is 7.47. The van der Waals surface area contributed by atoms with E-state index >= 15 is 0 Å². The predicted molar refractivity (Wildman–Crippen MR) is 390 cm³/mol. The molecule has 0 aliphatic heterocycles. The molecule has 0 radical (unpaired) electrons. The maximum absolute atomic E-state index is 13.1. The Morgan fingerprint density at radius 1 is 0.292 bits per heavy atom. The van der Waals surface area contributed by atoms with Crippen LogP contribution >= 0.6 is 15.6 Å². The summed E-state index contributed by atoms with van der Waals surface area (Å²) < 4.78 is 68.4. The zero-order valence-electron chi connectivity index (χ0n) is 60.8. The zero-order valence-corrected chi connectivity index (χ0v) is 62.6. The summed E-state index contributed by atoms with van der Waals surface area (Å²) in [6.07, 6.45) is 68.9. The van der Waals surface area contributed by atoms with Crippen LogP contribution in [0.4, 0.5) is 0 Å². The summed E-state index contributed by atoms with van der Waals surface area (Å²) in [5.74, 6) is -2.21. The SMILES string of the molecule is CCCCCC/C=C\C=C/CCCCCCCC(=O)OC[C@H](COP(=O)(O)OC[C@@H](O)COP(=O)(O)OC[C@@H](COC(=O)CCCCCCC/C=C\CCCCCC)OC(=O)CCCCCCC/C=C\CCCCCC)OC(=O)CCCCCCC/C=C\C=C/CCCCCC. The molecule has 0 fully saturated rings. The van der Waals surface area contributed by atoms with Gasteiger partial charge in [0.2, 0.25) is 0 Å². The van der Waals surface area contributed by atoms with Crippen LogP contribution in [-0.4, -0.2) is 96.7 Å². The number of aliphatic hydroxyl groups is 1. The van der Waals surface area contributed by atoms with E-state index in [0.717, 1.165) is 154 Å². The number of allylic oxidation sites excluding steroid dienone is 12. The fourth-order valence-electron chi connectivity index (χ4n) is 10.2. The average molecular weight is 1400 g/mol. The molecule has 0 aliphatic rings. The predicted octanol–water partition coefficient (Wildman–Crippen LogP) is 21.7. The Morgan fingerprint density at radius 3 is 0.781 bits per heavy atom. The second-order valence-electron chi connectivity index (χ2n) is 25.6. The van der Waals surface area contributed by atoms with Gasteiger partial charge in [0.05, 0.1) is 26.4 Å². The van der Waals surface area contributed by atoms with Crippen LogP contribution in [0, 0.1) is 0 Å². The molecule has 558 valence electrons. The van der Waals surface area contributed by atoms with Crippen molar-refractivity contribution in [2.45, 2.75) is 354 Å². The zero-order chi connectivity index (χ0) is 70.4. The Bertz CT molecular complexity index is 2110. The van der Waals surface area contributed by atoms with E-state index in [-0.39, 0.29) is 25.7 Å². The fraction of sp³-hybridized carbons (Fsp3) is 0.792. The number of phosphoric acid groups is 2. The summed E-state index contributed by atoms with van der Waals surface area (Å²) in [5.41, 5.74) is 0. The van der Waals surface area contributed by atoms with E-state index in [1.54, 1.807) is 0 Å². The van der Waals surface area contributed by atoms with Gasteiger partial charge < -0.3 is 33.8 Å². The van der Waals surface area contributed by atoms with Crippen LogP contribution in [0.1, 0.15) is 336 Å². The summed E-state index contributed by atoms with van der Waals surface area (Å²) in [6.45, 7) is 4.78. The van der Waals surface area contributed by atoms with Crippen molar-refractivity contribution >= 4 is 39.5 Å². The van der Waals surface area contributed by atoms with Gasteiger partial charge in [-0.05, 0) is 128 Å². The van der Waals surface area contributed by atoms with Gasteiger partial charge in [0.1, 0.15) is 19.3 Å². The molecule has 3 N–H and O–H groups in total. The van der Waals surface area contributed by atoms with Crippen LogP contribution < -0.4 is 0 Å². The number of carbonyl (C=O) groups excluding carboxylic acids is 4. The molecule has 0 aliphatic carbocycles. The van der Waals surface area contributed by atoms with Crippen LogP contribution in [0.25, 0.3) is 0 Å². The van der Waals surface area contributed by atoms with Crippen LogP contribution in [-0.2, 0) is 65.4 Å². The van der Waals surface area contributed by atoms with Crippen LogP contribution in [0.2, 0.25) is 0 Å². The second-order valence-corrected chi connectivity index (χ2v) is 28.5. The van der Waals surface area contributed by atoms with Crippen molar-refractivity contribution < 1.29 is 80.2 Å². The highest BCUT2D eigenvalue weighted by Crippen LogP contribution is 2.45. The minimum absolute atomic E-state index is 0.0759. The Labute approximate surface area is 583 Å². The van der Waals surface area contributed by atoms with Crippen molar-refractivity contribution in [1.82, 2.24) is 0 Å². The number of aliphatic hydroxyl groups excluding tert-OH is 1. The summed E-state index contributed by atoms with van der Waals surface area (Å²) in [6, 6.07) is 0. The molecule has 0 saturated carbocycles. The van der Waals surface area contributed by atoms with E-state index in [1.165, 1.54) is 103 Å². The maximum atomic E-state index is 13.1. The van der Waals surface area contributed by atoms with E-state index in [1.807, 2.05) is 0 Å². The number of hydrogen-bond donors (Lipinski definition) is 3. The molecule has 0 heterocycles. The summed E-state index contributed by atoms with van der Waals surface area (Å²) in [4.78, 5) is 72.8. The number of esters is 4. The van der Waals surface area contributed by atoms with E-state index in [4.69, 9.17) is 37.0 Å². The molecular formula is C77H138O17P2. The third-order valence-corrected chi connectivity index (χ3v) is 18.1. The Balaban J connectivity index is 5.36. The van der Waals surface area contributed by atoms with E-state index < -0.39 is 97.5 Å². The van der Waals surface area contributed by atoms with Gasteiger partial charge in [-0.1, -0.05) is 255 Å². The second kappa shape index (κ2) is 70.0. The Morgan fingerprint density at radius 2 is 0.510 bits per heavy atom. The highest BCUT2D eigenvalue weighted by atomic mass is 31.2. The number of carbonyl (C=O) groups is 4. The molecule has 0 saturated heterocycles. The lowest BCUT2D eigenvalue weighted by molar-refractivity contribution is -0.161. The largest absolute Gasteiger partial charge is 0.472 e. The van der Waals surface area contributed by atoms with E-state index in [2.05, 4.69) is 101 Å². The first-order valence-electron chi connectivity index (χ1n) is 38.2. The van der Waals surface area contributed by atoms with Crippen LogP contribution in [0.3, 0.4) is 0 Å². The first-order chi connectivity index (χ1) is 46.7. The van der Waals surface area contributed by atoms with E-state index in [0.29, 0.717) is 25.7 Å². The average Bonchev–Trinajstić information content (AvgIpc) is 1.36. The number of rotatable bonds is 72. The molecule has 96 heavy (non-hydrogen) atoms. The lowest BCUT2D eigenvalue weighted by atomic mass is 10.1. The van der Waals surface area contributed by atoms with Gasteiger partial charge in [-0.15, -0.1) is 0 Å². The molecule has 0 aromatic heterocycles. The lowest BCUT2D eigenvalue weighted by Crippen LogP contribution is -2.30. The molecule has 0 aromatic carbocycles. The Kier molecular flexibility index (Phi) is 67.4. The minimum atomic E-state index is -4.98. The maximum Gasteiger partial charge on any atom is 0.472 e. The fourth-order valence-corrected chi connectivity index (χ4v) is 11.8. The normalized spacial score (nSPS) is 14.4. The van der Waals surface area contributed by atoms with Gasteiger partial charge in [-0.2, -0.15) is 0 Å². The molecule has 0 spiro atoms. The molecule has 0 aromatic rings. The smallest absolute Gasteiger partial charge is 0.462 e. The van der Waals surface area contributed by atoms with Crippen LogP contribution in [0.5, 0.6) is 0 Å². The highest BCUT2D eigenvalue weighted by Gasteiger charge is 2.30. The van der Waals surface area contributed by atoms with Gasteiger partial charge in [0, 0.05) is 25.7 Å². The summed E-state index contributed by atoms with van der Waals surface area (Å²) >= 11 is 0. The number of unbranched alkanes of at least 4 members (excludes halogenated alkanes) is 36. The van der Waals surface area contributed by atoms with Crippen LogP contribution in [0.15, 0.2) is 72.9 Å². The minimum Gasteiger partial charge on any atom is -0.462 e. The van der Waals surface area contributed by atoms with Gasteiger partial charge in [0.15, 0.2) is 12.2 Å². The molecular weight excluding hydrogens is 1260 g/mol. The third kappa shape index (κ3) is 69.0. The molecule has 0 rings (SSSR count). The van der Waals surface area contributed by atoms with Crippen molar-refractivity contribution in [2.24, 2.45) is 0 Å². The standard InChI is InChI=1S/C77H138O17P2/c1-5-9-13-17-21-25-29-33-35-39-42-46-50-54-58-62-75(80)88-68-73(94-77(82)64-60-56-52-48-44-40-36-34-30-26-22-18-14-10-6-2)70-92-96(85,86)90-66-71(78)65-89-95(83,84)91-69-72(93-76(81)63-59-55-51-47-43-38-32-28-24-20-16-12-8-4)67-87-74(79)61-57-53-49-45-41-37-31-27-23-19-15-11-7-3/h25-36,71-73,78H,5-24,37-70H2,1-4H3,(H,83,84)(H,85,86)/b29-25-,30-26-,31-27-,32-28-,35-33-,36-34-/t71-,72+,73+/m0/s1. The van der Waals surface area contributed by atoms with Gasteiger partial charge in [-0.25, -0.2) is 9.13 Å². The first kappa shape index (κ1) is 92.5.